The predicted octanol–water partition coefficient (Wildman–Crippen LogP) is 18.4. The van der Waals surface area contributed by atoms with Crippen LogP contribution in [0.15, 0.2) is 288 Å². The Hall–Kier alpha value is -11.0. The quantitative estimate of drug-likeness (QED) is 0.119. The van der Waals surface area contributed by atoms with E-state index in [1.165, 1.54) is 0 Å². The number of rotatable bonds is 12. The molecule has 376 valence electrons. The third kappa shape index (κ3) is 9.22. The Morgan fingerprint density at radius 3 is 0.725 bits per heavy atom. The minimum atomic E-state index is 0.467. The molecular weight excluding hydrogens is 981 g/mol. The number of nitrogens with zero attached hydrogens (tertiary/aromatic N) is 6. The molecule has 80 heavy (non-hydrogen) atoms. The van der Waals surface area contributed by atoms with Crippen molar-refractivity contribution in [1.29, 1.82) is 0 Å². The molecule has 3 aromatic heterocycles. The highest BCUT2D eigenvalue weighted by Crippen LogP contribution is 2.44. The van der Waals surface area contributed by atoms with Gasteiger partial charge in [-0.2, -0.15) is 0 Å². The Morgan fingerprint density at radius 2 is 0.412 bits per heavy atom. The van der Waals surface area contributed by atoms with Crippen molar-refractivity contribution in [3.05, 3.63) is 279 Å². The summed E-state index contributed by atoms with van der Waals surface area (Å²) in [7, 11) is 0. The van der Waals surface area contributed by atoms with Gasteiger partial charge in [0.1, 0.15) is 0 Å². The highest BCUT2D eigenvalue weighted by Gasteiger charge is 2.23. The summed E-state index contributed by atoms with van der Waals surface area (Å²) in [5.74, 6) is 1.90. The molecule has 14 aromatic rings. The number of hydrogen-bond acceptors (Lipinski definition) is 8. The fraction of sp³-hybridized carbons (Fsp3) is 0. The van der Waals surface area contributed by atoms with Crippen LogP contribution in [0.25, 0.3) is 146 Å². The third-order valence-corrected chi connectivity index (χ3v) is 14.6. The molecule has 0 radical (unpaired) electrons. The lowest BCUT2D eigenvalue weighted by Gasteiger charge is -2.19. The van der Waals surface area contributed by atoms with E-state index in [0.717, 1.165) is 123 Å². The number of benzene rings is 11. The summed E-state index contributed by atoms with van der Waals surface area (Å²) in [5.41, 5.74) is 21.2. The molecule has 0 saturated carbocycles. The second-order valence-electron chi connectivity index (χ2n) is 19.5. The van der Waals surface area contributed by atoms with Gasteiger partial charge in [0.2, 0.25) is 23.6 Å². The number of hydrogen-bond donors (Lipinski definition) is 0. The minimum absolute atomic E-state index is 0.467. The maximum absolute atomic E-state index is 6.09. The molecule has 8 nitrogen and oxygen atoms in total. The molecule has 11 aromatic carbocycles. The van der Waals surface area contributed by atoms with E-state index in [9.17, 15) is 0 Å². The highest BCUT2D eigenvalue weighted by molar-refractivity contribution is 6.07. The molecule has 0 aliphatic heterocycles. The molecule has 8 heteroatoms. The van der Waals surface area contributed by atoms with Crippen molar-refractivity contribution < 1.29 is 8.83 Å². The predicted molar refractivity (Wildman–Crippen MR) is 320 cm³/mol. The summed E-state index contributed by atoms with van der Waals surface area (Å²) in [6.45, 7) is 0. The van der Waals surface area contributed by atoms with Gasteiger partial charge in [-0.25, -0.2) is 9.97 Å². The van der Waals surface area contributed by atoms with Crippen LogP contribution in [0, 0.1) is 0 Å². The topological polar surface area (TPSA) is 104 Å². The van der Waals surface area contributed by atoms with Gasteiger partial charge in [-0.05, 0) is 104 Å². The van der Waals surface area contributed by atoms with Crippen LogP contribution in [0.2, 0.25) is 0 Å². The largest absolute Gasteiger partial charge is 0.416 e. The average Bonchev–Trinajstić information content (AvgIpc) is 4.40. The Balaban J connectivity index is 0.897. The zero-order valence-electron chi connectivity index (χ0n) is 43.1. The zero-order chi connectivity index (χ0) is 53.2. The summed E-state index contributed by atoms with van der Waals surface area (Å²) in [6.07, 6.45) is 0. The van der Waals surface area contributed by atoms with Crippen LogP contribution in [0.3, 0.4) is 0 Å². The van der Waals surface area contributed by atoms with E-state index >= 15 is 0 Å². The lowest BCUT2D eigenvalue weighted by molar-refractivity contribution is 0.584. The van der Waals surface area contributed by atoms with E-state index in [4.69, 9.17) is 18.8 Å². The first kappa shape index (κ1) is 47.5. The van der Waals surface area contributed by atoms with Gasteiger partial charge in [0.05, 0.1) is 22.4 Å². The van der Waals surface area contributed by atoms with Crippen molar-refractivity contribution in [3.8, 4) is 135 Å². The van der Waals surface area contributed by atoms with Crippen LogP contribution in [0.5, 0.6) is 0 Å². The van der Waals surface area contributed by atoms with Crippen LogP contribution in [-0.4, -0.2) is 30.4 Å². The first-order chi connectivity index (χ1) is 39.6. The standard InChI is InChI=1S/C72H46N6O2/c1-5-17-51(18-6-1)59-25-13-15-27-61(59)63-45-46-64(62-28-16-14-26-60(62)52-19-7-2-8-20-52)68-67(63)73-65(53-37-29-47(30-38-53)49-33-41-57(42-34-49)71-77-75-69(79-71)55-21-9-3-10-22-55)66(74-68)54-39-31-48(32-40-54)50-35-43-58(44-36-50)72-78-76-70(80-72)56-23-11-4-12-24-56/h1-46H. The maximum atomic E-state index is 6.09. The first-order valence-electron chi connectivity index (χ1n) is 26.5. The Bertz CT molecular complexity index is 4180. The summed E-state index contributed by atoms with van der Waals surface area (Å²) in [4.78, 5) is 11.7. The van der Waals surface area contributed by atoms with E-state index in [-0.39, 0.29) is 0 Å². The molecule has 0 aliphatic carbocycles. The van der Waals surface area contributed by atoms with Crippen molar-refractivity contribution in [1.82, 2.24) is 30.4 Å². The van der Waals surface area contributed by atoms with Gasteiger partial charge in [-0.15, -0.1) is 20.4 Å². The Kier molecular flexibility index (Phi) is 12.4. The molecule has 0 bridgehead atoms. The molecule has 0 fully saturated rings. The van der Waals surface area contributed by atoms with Crippen LogP contribution in [0.1, 0.15) is 0 Å². The SMILES string of the molecule is c1ccc(-c2nnc(-c3ccc(-c4ccc(-c5nc6c(-c7ccccc7-c7ccccc7)ccc(-c7ccccc7-c7ccccc7)c6nc5-c5ccc(-c6ccc(-c7nnc(-c8ccccc8)o7)cc6)cc5)cc4)cc3)o2)cc1. The van der Waals surface area contributed by atoms with Gasteiger partial charge < -0.3 is 8.83 Å². The summed E-state index contributed by atoms with van der Waals surface area (Å²) < 4.78 is 12.2. The molecule has 3 heterocycles. The monoisotopic (exact) mass is 1030 g/mol. The molecule has 0 spiro atoms. The molecule has 14 rings (SSSR count). The molecule has 0 unspecified atom stereocenters. The second-order valence-corrected chi connectivity index (χ2v) is 19.5. The van der Waals surface area contributed by atoms with Crippen LogP contribution < -0.4 is 0 Å². The van der Waals surface area contributed by atoms with Crippen LogP contribution >= 0.6 is 0 Å². The smallest absolute Gasteiger partial charge is 0.248 e. The molecule has 0 atom stereocenters. The van der Waals surface area contributed by atoms with Crippen molar-refractivity contribution in [2.24, 2.45) is 0 Å². The number of aromatic nitrogens is 6. The van der Waals surface area contributed by atoms with Crippen molar-refractivity contribution in [3.63, 3.8) is 0 Å². The number of fused-ring (bicyclic) bond motifs is 1. The van der Waals surface area contributed by atoms with Gasteiger partial charge in [-0.1, -0.05) is 231 Å². The Morgan fingerprint density at radius 1 is 0.175 bits per heavy atom. The average molecular weight is 1030 g/mol. The second kappa shape index (κ2) is 20.9. The van der Waals surface area contributed by atoms with Crippen molar-refractivity contribution in [2.75, 3.05) is 0 Å². The fourth-order valence-corrected chi connectivity index (χ4v) is 10.5. The first-order valence-corrected chi connectivity index (χ1v) is 26.5. The van der Waals surface area contributed by atoms with E-state index < -0.39 is 0 Å². The van der Waals surface area contributed by atoms with E-state index in [0.29, 0.717) is 23.6 Å². The molecular formula is C72H46N6O2. The normalized spacial score (nSPS) is 11.2. The zero-order valence-corrected chi connectivity index (χ0v) is 43.1. The van der Waals surface area contributed by atoms with Gasteiger partial charge in [0.15, 0.2) is 0 Å². The van der Waals surface area contributed by atoms with Crippen LogP contribution in [-0.2, 0) is 0 Å². The molecule has 0 saturated heterocycles. The van der Waals surface area contributed by atoms with Crippen molar-refractivity contribution >= 4 is 11.0 Å². The van der Waals surface area contributed by atoms with Gasteiger partial charge in [-0.3, -0.25) is 0 Å². The lowest BCUT2D eigenvalue weighted by Crippen LogP contribution is -2.00. The molecule has 0 amide bonds. The minimum Gasteiger partial charge on any atom is -0.416 e. The maximum Gasteiger partial charge on any atom is 0.248 e. The summed E-state index contributed by atoms with van der Waals surface area (Å²) in [5, 5.41) is 17.3. The molecule has 0 N–H and O–H groups in total. The Labute approximate surface area is 462 Å². The van der Waals surface area contributed by atoms with Gasteiger partial charge in [0, 0.05) is 44.5 Å². The highest BCUT2D eigenvalue weighted by atomic mass is 16.4. The van der Waals surface area contributed by atoms with Crippen molar-refractivity contribution in [2.45, 2.75) is 0 Å². The summed E-state index contributed by atoms with van der Waals surface area (Å²) in [6, 6.07) is 96.0. The summed E-state index contributed by atoms with van der Waals surface area (Å²) >= 11 is 0. The van der Waals surface area contributed by atoms with E-state index in [1.54, 1.807) is 0 Å². The molecule has 0 aliphatic rings. The van der Waals surface area contributed by atoms with Crippen LogP contribution in [0.4, 0.5) is 0 Å². The van der Waals surface area contributed by atoms with E-state index in [2.05, 4.69) is 215 Å². The van der Waals surface area contributed by atoms with Gasteiger partial charge >= 0.3 is 0 Å². The van der Waals surface area contributed by atoms with Gasteiger partial charge in [0.25, 0.3) is 0 Å². The third-order valence-electron chi connectivity index (χ3n) is 14.6. The fourth-order valence-electron chi connectivity index (χ4n) is 10.5. The van der Waals surface area contributed by atoms with E-state index in [1.807, 2.05) is 84.9 Å². The lowest BCUT2D eigenvalue weighted by atomic mass is 9.89.